The lowest BCUT2D eigenvalue weighted by atomic mass is 10.0. The molecule has 0 radical (unpaired) electrons. The normalized spacial score (nSPS) is 17.5. The van der Waals surface area contributed by atoms with E-state index in [-0.39, 0.29) is 17.7 Å². The Labute approximate surface area is 169 Å². The van der Waals surface area contributed by atoms with Crippen LogP contribution in [0.5, 0.6) is 5.75 Å². The van der Waals surface area contributed by atoms with Gasteiger partial charge in [0.15, 0.2) is 6.10 Å². The van der Waals surface area contributed by atoms with E-state index in [1.807, 2.05) is 26.0 Å². The van der Waals surface area contributed by atoms with E-state index >= 15 is 0 Å². The van der Waals surface area contributed by atoms with Gasteiger partial charge in [0.2, 0.25) is 10.0 Å². The second kappa shape index (κ2) is 9.74. The molecule has 6 nitrogen and oxygen atoms in total. The third-order valence-electron chi connectivity index (χ3n) is 5.21. The lowest BCUT2D eigenvalue weighted by molar-refractivity contribution is -0.128. The zero-order valence-electron chi connectivity index (χ0n) is 17.7. The summed E-state index contributed by atoms with van der Waals surface area (Å²) in [6.45, 7) is 10.7. The first-order valence-electron chi connectivity index (χ1n) is 10.2. The lowest BCUT2D eigenvalue weighted by Gasteiger charge is -2.32. The maximum absolute atomic E-state index is 12.6. The number of amides is 1. The van der Waals surface area contributed by atoms with Crippen LogP contribution in [0.3, 0.4) is 0 Å². The smallest absolute Gasteiger partial charge is 0.260 e. The molecule has 0 saturated carbocycles. The first-order valence-corrected chi connectivity index (χ1v) is 11.8. The van der Waals surface area contributed by atoms with Crippen LogP contribution in [0.4, 0.5) is 0 Å². The van der Waals surface area contributed by atoms with Gasteiger partial charge in [-0.2, -0.15) is 0 Å². The van der Waals surface area contributed by atoms with E-state index in [0.29, 0.717) is 38.3 Å². The van der Waals surface area contributed by atoms with Crippen LogP contribution >= 0.6 is 0 Å². The number of aryl methyl sites for hydroxylation is 1. The molecule has 1 aliphatic rings. The molecule has 28 heavy (non-hydrogen) atoms. The van der Waals surface area contributed by atoms with Gasteiger partial charge in [-0.1, -0.05) is 32.9 Å². The van der Waals surface area contributed by atoms with E-state index < -0.39 is 16.1 Å². The number of piperidine rings is 1. The molecule has 1 saturated heterocycles. The highest BCUT2D eigenvalue weighted by molar-refractivity contribution is 7.89. The van der Waals surface area contributed by atoms with Gasteiger partial charge in [0.1, 0.15) is 5.75 Å². The van der Waals surface area contributed by atoms with Gasteiger partial charge >= 0.3 is 0 Å². The van der Waals surface area contributed by atoms with Gasteiger partial charge < -0.3 is 10.1 Å². The van der Waals surface area contributed by atoms with E-state index in [1.54, 1.807) is 11.2 Å². The summed E-state index contributed by atoms with van der Waals surface area (Å²) >= 11 is 0. The second-order valence-corrected chi connectivity index (χ2v) is 10.0. The van der Waals surface area contributed by atoms with E-state index in [4.69, 9.17) is 4.74 Å². The minimum absolute atomic E-state index is 0.0188. The van der Waals surface area contributed by atoms with Gasteiger partial charge in [0.05, 0.1) is 5.75 Å². The maximum Gasteiger partial charge on any atom is 0.260 e. The first kappa shape index (κ1) is 22.7. The monoisotopic (exact) mass is 410 g/mol. The summed E-state index contributed by atoms with van der Waals surface area (Å²) in [5.41, 5.74) is 2.17. The van der Waals surface area contributed by atoms with Crippen LogP contribution in [0, 0.1) is 6.92 Å². The Morgan fingerprint density at radius 3 is 2.46 bits per heavy atom. The van der Waals surface area contributed by atoms with Gasteiger partial charge in [0.25, 0.3) is 5.91 Å². The molecule has 1 aliphatic heterocycles. The molecule has 1 N–H and O–H groups in total. The van der Waals surface area contributed by atoms with E-state index in [1.165, 1.54) is 5.56 Å². The number of hydrogen-bond acceptors (Lipinski definition) is 4. The average Bonchev–Trinajstić information content (AvgIpc) is 2.63. The summed E-state index contributed by atoms with van der Waals surface area (Å²) in [7, 11) is -3.16. The van der Waals surface area contributed by atoms with Crippen LogP contribution in [0.2, 0.25) is 0 Å². The van der Waals surface area contributed by atoms with Crippen LogP contribution in [0.15, 0.2) is 18.2 Å². The highest BCUT2D eigenvalue weighted by Crippen LogP contribution is 2.25. The quantitative estimate of drug-likeness (QED) is 0.714. The molecule has 0 aromatic heterocycles. The SMILES string of the molecule is CCCS(=O)(=O)N1CCC(NC(=O)C(C)Oc2cc(C(C)C)ccc2C)CC1. The van der Waals surface area contributed by atoms with Crippen molar-refractivity contribution < 1.29 is 17.9 Å². The third-order valence-corrected chi connectivity index (χ3v) is 7.28. The fraction of sp³-hybridized carbons (Fsp3) is 0.667. The molecule has 0 spiro atoms. The van der Waals surface area contributed by atoms with Crippen LogP contribution in [0.1, 0.15) is 64.0 Å². The highest BCUT2D eigenvalue weighted by Gasteiger charge is 2.29. The fourth-order valence-corrected chi connectivity index (χ4v) is 4.87. The van der Waals surface area contributed by atoms with Crippen molar-refractivity contribution in [1.82, 2.24) is 9.62 Å². The summed E-state index contributed by atoms with van der Waals surface area (Å²) in [5.74, 6) is 1.14. The Balaban J connectivity index is 1.89. The number of benzene rings is 1. The van der Waals surface area contributed by atoms with Crippen molar-refractivity contribution in [1.29, 1.82) is 0 Å². The minimum Gasteiger partial charge on any atom is -0.481 e. The molecule has 1 aromatic rings. The minimum atomic E-state index is -3.16. The van der Waals surface area contributed by atoms with Crippen molar-refractivity contribution in [2.75, 3.05) is 18.8 Å². The topological polar surface area (TPSA) is 75.7 Å². The Morgan fingerprint density at radius 1 is 1.25 bits per heavy atom. The van der Waals surface area contributed by atoms with Crippen LogP contribution in [-0.4, -0.2) is 49.6 Å². The molecule has 0 bridgehead atoms. The van der Waals surface area contributed by atoms with Crippen molar-refractivity contribution in [3.63, 3.8) is 0 Å². The number of nitrogens with zero attached hydrogens (tertiary/aromatic N) is 1. The van der Waals surface area contributed by atoms with Crippen LogP contribution in [-0.2, 0) is 14.8 Å². The van der Waals surface area contributed by atoms with Gasteiger partial charge in [-0.15, -0.1) is 0 Å². The fourth-order valence-electron chi connectivity index (χ4n) is 3.33. The molecular weight excluding hydrogens is 376 g/mol. The predicted molar refractivity (Wildman–Crippen MR) is 112 cm³/mol. The summed E-state index contributed by atoms with van der Waals surface area (Å²) in [6.07, 6.45) is 1.26. The zero-order chi connectivity index (χ0) is 20.9. The van der Waals surface area contributed by atoms with Crippen molar-refractivity contribution in [2.45, 2.75) is 71.9 Å². The predicted octanol–water partition coefficient (Wildman–Crippen LogP) is 3.21. The Morgan fingerprint density at radius 2 is 1.89 bits per heavy atom. The largest absolute Gasteiger partial charge is 0.481 e. The summed E-state index contributed by atoms with van der Waals surface area (Å²) < 4.78 is 31.8. The molecule has 1 amide bonds. The molecule has 2 rings (SSSR count). The Bertz CT molecular complexity index is 769. The first-order chi connectivity index (χ1) is 13.1. The lowest BCUT2D eigenvalue weighted by Crippen LogP contribution is -2.49. The summed E-state index contributed by atoms with van der Waals surface area (Å²) in [6, 6.07) is 6.08. The second-order valence-electron chi connectivity index (χ2n) is 7.94. The Hall–Kier alpha value is -1.60. The molecule has 1 unspecified atom stereocenters. The van der Waals surface area contributed by atoms with Crippen molar-refractivity contribution >= 4 is 15.9 Å². The van der Waals surface area contributed by atoms with Gasteiger partial charge in [-0.3, -0.25) is 4.79 Å². The molecular formula is C21H34N2O4S. The van der Waals surface area contributed by atoms with Gasteiger partial charge in [0, 0.05) is 19.1 Å². The molecule has 1 heterocycles. The third kappa shape index (κ3) is 5.95. The summed E-state index contributed by atoms with van der Waals surface area (Å²) in [5, 5.41) is 3.01. The van der Waals surface area contributed by atoms with Gasteiger partial charge in [-0.05, 0) is 56.2 Å². The zero-order valence-corrected chi connectivity index (χ0v) is 18.5. The van der Waals surface area contributed by atoms with E-state index in [9.17, 15) is 13.2 Å². The maximum atomic E-state index is 12.6. The van der Waals surface area contributed by atoms with Crippen LogP contribution < -0.4 is 10.1 Å². The molecule has 1 aromatic carbocycles. The van der Waals surface area contributed by atoms with E-state index in [0.717, 1.165) is 11.3 Å². The van der Waals surface area contributed by atoms with Crippen LogP contribution in [0.25, 0.3) is 0 Å². The number of sulfonamides is 1. The van der Waals surface area contributed by atoms with Crippen molar-refractivity contribution in [2.24, 2.45) is 0 Å². The van der Waals surface area contributed by atoms with Crippen molar-refractivity contribution in [3.8, 4) is 5.75 Å². The molecule has 1 fully saturated rings. The molecule has 0 aliphatic carbocycles. The average molecular weight is 411 g/mol. The number of hydrogen-bond donors (Lipinski definition) is 1. The highest BCUT2D eigenvalue weighted by atomic mass is 32.2. The van der Waals surface area contributed by atoms with Crippen molar-refractivity contribution in [3.05, 3.63) is 29.3 Å². The number of ether oxygens (including phenoxy) is 1. The van der Waals surface area contributed by atoms with E-state index in [2.05, 4.69) is 25.2 Å². The number of carbonyl (C=O) groups is 1. The number of nitrogens with one attached hydrogen (secondary N) is 1. The Kier molecular flexibility index (Phi) is 7.89. The number of rotatable bonds is 8. The molecule has 1 atom stereocenters. The summed E-state index contributed by atoms with van der Waals surface area (Å²) in [4.78, 5) is 12.6. The number of carbonyl (C=O) groups excluding carboxylic acids is 1. The van der Waals surface area contributed by atoms with Gasteiger partial charge in [-0.25, -0.2) is 12.7 Å². The standard InChI is InChI=1S/C21H34N2O4S/c1-6-13-28(25,26)23-11-9-19(10-12-23)22-21(24)17(5)27-20-14-18(15(2)3)8-7-16(20)4/h7-8,14-15,17,19H,6,9-13H2,1-5H3,(H,22,24). The molecule has 7 heteroatoms. The molecule has 158 valence electrons.